The highest BCUT2D eigenvalue weighted by Gasteiger charge is 2.19. The van der Waals surface area contributed by atoms with Gasteiger partial charge in [-0.05, 0) is 100 Å². The highest BCUT2D eigenvalue weighted by atomic mass is 16.3. The van der Waals surface area contributed by atoms with Gasteiger partial charge in [-0.25, -0.2) is 0 Å². The number of benzene rings is 9. The average molecular weight is 571 g/mol. The van der Waals surface area contributed by atoms with Gasteiger partial charge in [0, 0.05) is 10.8 Å². The summed E-state index contributed by atoms with van der Waals surface area (Å²) in [5, 5.41) is 14.8. The van der Waals surface area contributed by atoms with Crippen molar-refractivity contribution in [2.24, 2.45) is 0 Å². The molecular formula is C44H26O. The summed E-state index contributed by atoms with van der Waals surface area (Å²) < 4.78 is 6.37. The number of rotatable bonds is 2. The van der Waals surface area contributed by atoms with Gasteiger partial charge in [0.2, 0.25) is 0 Å². The van der Waals surface area contributed by atoms with Crippen LogP contribution in [0.25, 0.3) is 98.1 Å². The van der Waals surface area contributed by atoms with Crippen LogP contribution >= 0.6 is 0 Å². The first-order valence-electron chi connectivity index (χ1n) is 15.5. The smallest absolute Gasteiger partial charge is 0.136 e. The zero-order valence-electron chi connectivity index (χ0n) is 24.4. The molecule has 0 saturated carbocycles. The molecule has 0 radical (unpaired) electrons. The second kappa shape index (κ2) is 9.29. The van der Waals surface area contributed by atoms with Crippen molar-refractivity contribution < 1.29 is 4.42 Å². The monoisotopic (exact) mass is 570 g/mol. The van der Waals surface area contributed by atoms with E-state index in [2.05, 4.69) is 158 Å². The molecule has 0 fully saturated rings. The van der Waals surface area contributed by atoms with Gasteiger partial charge in [-0.2, -0.15) is 0 Å². The number of furan rings is 1. The van der Waals surface area contributed by atoms with E-state index in [0.717, 1.165) is 21.9 Å². The van der Waals surface area contributed by atoms with E-state index in [-0.39, 0.29) is 0 Å². The fraction of sp³-hybridized carbons (Fsp3) is 0. The van der Waals surface area contributed by atoms with Gasteiger partial charge < -0.3 is 4.42 Å². The van der Waals surface area contributed by atoms with Crippen LogP contribution in [0.4, 0.5) is 0 Å². The molecule has 0 aliphatic rings. The Kier molecular flexibility index (Phi) is 5.06. The topological polar surface area (TPSA) is 13.1 Å². The minimum atomic E-state index is 0.914. The molecule has 10 aromatic rings. The normalized spacial score (nSPS) is 12.0. The molecule has 1 heteroatoms. The van der Waals surface area contributed by atoms with E-state index in [4.69, 9.17) is 4.42 Å². The molecule has 0 bridgehead atoms. The van der Waals surface area contributed by atoms with E-state index >= 15 is 0 Å². The fourth-order valence-electron chi connectivity index (χ4n) is 7.61. The summed E-state index contributed by atoms with van der Waals surface area (Å²) in [6.07, 6.45) is 0. The Bertz CT molecular complexity index is 2760. The van der Waals surface area contributed by atoms with Crippen LogP contribution in [0.5, 0.6) is 0 Å². The molecule has 0 saturated heterocycles. The van der Waals surface area contributed by atoms with Crippen molar-refractivity contribution in [2.75, 3.05) is 0 Å². The third-order valence-electron chi connectivity index (χ3n) is 9.61. The molecule has 0 unspecified atom stereocenters. The van der Waals surface area contributed by atoms with Crippen LogP contribution in [-0.2, 0) is 0 Å². The molecule has 0 N–H and O–H groups in total. The third kappa shape index (κ3) is 3.56. The molecule has 1 nitrogen and oxygen atoms in total. The second-order valence-corrected chi connectivity index (χ2v) is 12.0. The lowest BCUT2D eigenvalue weighted by Gasteiger charge is -2.19. The van der Waals surface area contributed by atoms with Crippen molar-refractivity contribution >= 4 is 75.8 Å². The zero-order chi connectivity index (χ0) is 29.5. The Balaban J connectivity index is 1.30. The van der Waals surface area contributed by atoms with Crippen LogP contribution in [0.3, 0.4) is 0 Å². The SMILES string of the molecule is c1ccc2cc3c(cc2c1)oc1ccc(-c2c4ccccc4c(-c4cccc5c4ccc4ccccc45)c4ccccc24)cc13. The van der Waals surface area contributed by atoms with Crippen LogP contribution in [0.2, 0.25) is 0 Å². The molecular weight excluding hydrogens is 544 g/mol. The van der Waals surface area contributed by atoms with Gasteiger partial charge in [0.25, 0.3) is 0 Å². The van der Waals surface area contributed by atoms with E-state index in [0.29, 0.717) is 0 Å². The number of hydrogen-bond donors (Lipinski definition) is 0. The maximum absolute atomic E-state index is 6.37. The quantitative estimate of drug-likeness (QED) is 0.149. The van der Waals surface area contributed by atoms with Gasteiger partial charge in [0.05, 0.1) is 0 Å². The van der Waals surface area contributed by atoms with Crippen molar-refractivity contribution in [3.63, 3.8) is 0 Å². The van der Waals surface area contributed by atoms with Gasteiger partial charge in [-0.3, -0.25) is 0 Å². The van der Waals surface area contributed by atoms with Crippen LogP contribution in [0.15, 0.2) is 162 Å². The van der Waals surface area contributed by atoms with Crippen molar-refractivity contribution in [1.82, 2.24) is 0 Å². The first kappa shape index (κ1) is 24.5. The molecule has 45 heavy (non-hydrogen) atoms. The lowest BCUT2D eigenvalue weighted by Crippen LogP contribution is -1.91. The largest absolute Gasteiger partial charge is 0.456 e. The van der Waals surface area contributed by atoms with Gasteiger partial charge in [0.15, 0.2) is 0 Å². The number of fused-ring (bicyclic) bond motifs is 9. The Morgan fingerprint density at radius 3 is 1.60 bits per heavy atom. The third-order valence-corrected chi connectivity index (χ3v) is 9.61. The molecule has 9 aromatic carbocycles. The average Bonchev–Trinajstić information content (AvgIpc) is 3.45. The summed E-state index contributed by atoms with van der Waals surface area (Å²) in [5.41, 5.74) is 6.84. The van der Waals surface area contributed by atoms with Crippen molar-refractivity contribution in [3.8, 4) is 22.3 Å². The summed E-state index contributed by atoms with van der Waals surface area (Å²) in [7, 11) is 0. The van der Waals surface area contributed by atoms with Crippen LogP contribution in [-0.4, -0.2) is 0 Å². The van der Waals surface area contributed by atoms with Crippen LogP contribution in [0, 0.1) is 0 Å². The lowest BCUT2D eigenvalue weighted by molar-refractivity contribution is 0.669. The Morgan fingerprint density at radius 1 is 0.289 bits per heavy atom. The standard InChI is InChI=1S/C44H26O/c1-2-12-29-26-42-40(24-28(29)11-1)39-25-30(21-23-41(39)45-42)43-35-14-5-7-16-37(35)44(38-17-8-6-15-36(38)43)34-19-9-18-32-31-13-4-3-10-27(31)20-22-33(32)34/h1-26H. The summed E-state index contributed by atoms with van der Waals surface area (Å²) >= 11 is 0. The lowest BCUT2D eigenvalue weighted by atomic mass is 9.84. The Hall–Kier alpha value is -5.92. The highest BCUT2D eigenvalue weighted by molar-refractivity contribution is 6.25. The number of hydrogen-bond acceptors (Lipinski definition) is 1. The molecule has 208 valence electrons. The summed E-state index contributed by atoms with van der Waals surface area (Å²) in [5.74, 6) is 0. The minimum Gasteiger partial charge on any atom is -0.456 e. The molecule has 0 spiro atoms. The van der Waals surface area contributed by atoms with E-state index in [1.807, 2.05) is 0 Å². The second-order valence-electron chi connectivity index (χ2n) is 12.0. The maximum atomic E-state index is 6.37. The first-order chi connectivity index (χ1) is 22.3. The summed E-state index contributed by atoms with van der Waals surface area (Å²) in [6, 6.07) is 57.4. The fourth-order valence-corrected chi connectivity index (χ4v) is 7.61. The highest BCUT2D eigenvalue weighted by Crippen LogP contribution is 2.46. The molecule has 0 atom stereocenters. The van der Waals surface area contributed by atoms with Gasteiger partial charge in [-0.1, -0.05) is 133 Å². The zero-order valence-corrected chi connectivity index (χ0v) is 24.4. The van der Waals surface area contributed by atoms with Crippen molar-refractivity contribution in [3.05, 3.63) is 158 Å². The molecule has 0 aliphatic heterocycles. The summed E-state index contributed by atoms with van der Waals surface area (Å²) in [4.78, 5) is 0. The van der Waals surface area contributed by atoms with E-state index < -0.39 is 0 Å². The molecule has 0 aliphatic carbocycles. The van der Waals surface area contributed by atoms with Gasteiger partial charge in [0.1, 0.15) is 11.2 Å². The maximum Gasteiger partial charge on any atom is 0.136 e. The Labute approximate surface area is 259 Å². The molecule has 1 aromatic heterocycles. The van der Waals surface area contributed by atoms with Crippen LogP contribution in [0.1, 0.15) is 0 Å². The predicted molar refractivity (Wildman–Crippen MR) is 192 cm³/mol. The van der Waals surface area contributed by atoms with Crippen molar-refractivity contribution in [1.29, 1.82) is 0 Å². The van der Waals surface area contributed by atoms with Crippen molar-refractivity contribution in [2.45, 2.75) is 0 Å². The van der Waals surface area contributed by atoms with Gasteiger partial charge in [-0.15, -0.1) is 0 Å². The van der Waals surface area contributed by atoms with Crippen LogP contribution < -0.4 is 0 Å². The van der Waals surface area contributed by atoms with E-state index in [1.165, 1.54) is 76.1 Å². The molecule has 0 amide bonds. The first-order valence-corrected chi connectivity index (χ1v) is 15.5. The minimum absolute atomic E-state index is 0.914. The Morgan fingerprint density at radius 2 is 0.867 bits per heavy atom. The molecule has 1 heterocycles. The predicted octanol–water partition coefficient (Wildman–Crippen LogP) is 12.7. The summed E-state index contributed by atoms with van der Waals surface area (Å²) in [6.45, 7) is 0. The molecule has 10 rings (SSSR count). The van der Waals surface area contributed by atoms with Gasteiger partial charge >= 0.3 is 0 Å². The van der Waals surface area contributed by atoms with E-state index in [9.17, 15) is 0 Å². The van der Waals surface area contributed by atoms with E-state index in [1.54, 1.807) is 0 Å².